The van der Waals surface area contributed by atoms with Gasteiger partial charge in [-0.05, 0) is 27.4 Å². The van der Waals surface area contributed by atoms with Crippen LogP contribution < -0.4 is 10.5 Å². The number of rotatable bonds is 4. The van der Waals surface area contributed by atoms with Gasteiger partial charge in [0, 0.05) is 4.47 Å². The average Bonchev–Trinajstić information content (AvgIpc) is 2.86. The SMILES string of the molecule is NC(=S)c1cn[nH]c1NS(=O)(=O)c1sccc1Br. The number of aromatic amines is 1. The summed E-state index contributed by atoms with van der Waals surface area (Å²) >= 11 is 9.06. The topological polar surface area (TPSA) is 101 Å². The molecule has 0 radical (unpaired) electrons. The molecule has 0 spiro atoms. The summed E-state index contributed by atoms with van der Waals surface area (Å²) in [5.41, 5.74) is 5.80. The lowest BCUT2D eigenvalue weighted by Crippen LogP contribution is -2.17. The van der Waals surface area contributed by atoms with Crippen LogP contribution in [-0.2, 0) is 10.0 Å². The third-order valence-electron chi connectivity index (χ3n) is 1.97. The first-order valence-corrected chi connectivity index (χ1v) is 8.07. The zero-order valence-corrected chi connectivity index (χ0v) is 12.7. The van der Waals surface area contributed by atoms with Gasteiger partial charge in [-0.1, -0.05) is 12.2 Å². The van der Waals surface area contributed by atoms with E-state index in [1.807, 2.05) is 0 Å². The zero-order valence-electron chi connectivity index (χ0n) is 8.68. The number of anilines is 1. The predicted molar refractivity (Wildman–Crippen MR) is 77.3 cm³/mol. The van der Waals surface area contributed by atoms with Crippen molar-refractivity contribution in [3.05, 3.63) is 27.7 Å². The van der Waals surface area contributed by atoms with Gasteiger partial charge < -0.3 is 5.73 Å². The molecule has 0 saturated heterocycles. The molecule has 0 unspecified atom stereocenters. The van der Waals surface area contributed by atoms with Gasteiger partial charge >= 0.3 is 0 Å². The normalized spacial score (nSPS) is 11.4. The Balaban J connectivity index is 2.37. The Hall–Kier alpha value is -0.970. The van der Waals surface area contributed by atoms with Gasteiger partial charge in [-0.2, -0.15) is 5.10 Å². The number of thiophene rings is 1. The van der Waals surface area contributed by atoms with Gasteiger partial charge in [0.1, 0.15) is 10.8 Å². The van der Waals surface area contributed by atoms with E-state index in [4.69, 9.17) is 18.0 Å². The van der Waals surface area contributed by atoms with Gasteiger partial charge in [-0.15, -0.1) is 11.3 Å². The van der Waals surface area contributed by atoms with Gasteiger partial charge in [-0.3, -0.25) is 9.82 Å². The highest BCUT2D eigenvalue weighted by atomic mass is 79.9. The van der Waals surface area contributed by atoms with Gasteiger partial charge in [0.15, 0.2) is 4.21 Å². The van der Waals surface area contributed by atoms with Crippen LogP contribution in [0.25, 0.3) is 0 Å². The number of thiocarbonyl (C=S) groups is 1. The molecule has 0 fully saturated rings. The van der Waals surface area contributed by atoms with Crippen molar-refractivity contribution in [3.63, 3.8) is 0 Å². The van der Waals surface area contributed by atoms with Crippen molar-refractivity contribution in [1.29, 1.82) is 0 Å². The van der Waals surface area contributed by atoms with Gasteiger partial charge in [-0.25, -0.2) is 8.42 Å². The molecule has 10 heteroatoms. The third-order valence-corrected chi connectivity index (χ3v) is 6.21. The summed E-state index contributed by atoms with van der Waals surface area (Å²) in [5.74, 6) is 0.155. The zero-order chi connectivity index (χ0) is 13.3. The first-order chi connectivity index (χ1) is 8.42. The number of aromatic nitrogens is 2. The highest BCUT2D eigenvalue weighted by molar-refractivity contribution is 9.10. The smallest absolute Gasteiger partial charge is 0.273 e. The summed E-state index contributed by atoms with van der Waals surface area (Å²) in [6.07, 6.45) is 1.36. The van der Waals surface area contributed by atoms with Gasteiger partial charge in [0.2, 0.25) is 0 Å². The minimum atomic E-state index is -3.69. The molecule has 6 nitrogen and oxygen atoms in total. The van der Waals surface area contributed by atoms with Crippen LogP contribution in [0.15, 0.2) is 26.3 Å². The average molecular weight is 367 g/mol. The Morgan fingerprint density at radius 1 is 1.61 bits per heavy atom. The van der Waals surface area contributed by atoms with Crippen LogP contribution >= 0.6 is 39.5 Å². The minimum absolute atomic E-state index is 0.0618. The standard InChI is InChI=1S/C8H7BrN4O2S3/c9-5-1-2-17-8(5)18(14,15)13-7-4(6(10)16)3-11-12-7/h1-3H,(H2,10,16)(H2,11,12,13). The van der Waals surface area contributed by atoms with E-state index in [1.54, 1.807) is 11.4 Å². The molecule has 2 heterocycles. The van der Waals surface area contributed by atoms with E-state index in [0.717, 1.165) is 11.3 Å². The summed E-state index contributed by atoms with van der Waals surface area (Å²) in [6, 6.07) is 1.65. The molecule has 0 aliphatic heterocycles. The van der Waals surface area contributed by atoms with Crippen molar-refractivity contribution in [1.82, 2.24) is 10.2 Å². The number of nitrogens with one attached hydrogen (secondary N) is 2. The Morgan fingerprint density at radius 3 is 2.89 bits per heavy atom. The molecule has 96 valence electrons. The number of hydrogen-bond acceptors (Lipinski definition) is 5. The van der Waals surface area contributed by atoms with Crippen LogP contribution in [0.3, 0.4) is 0 Å². The summed E-state index contributed by atoms with van der Waals surface area (Å²) < 4.78 is 27.2. The molecule has 2 aromatic rings. The van der Waals surface area contributed by atoms with Crippen LogP contribution in [0.1, 0.15) is 5.56 Å². The van der Waals surface area contributed by atoms with Crippen LogP contribution in [0.4, 0.5) is 5.82 Å². The maximum absolute atomic E-state index is 12.1. The Morgan fingerprint density at radius 2 is 2.33 bits per heavy atom. The molecule has 0 atom stereocenters. The minimum Gasteiger partial charge on any atom is -0.389 e. The van der Waals surface area contributed by atoms with Crippen molar-refractivity contribution >= 4 is 60.3 Å². The largest absolute Gasteiger partial charge is 0.389 e. The number of hydrogen-bond donors (Lipinski definition) is 3. The molecule has 18 heavy (non-hydrogen) atoms. The number of H-pyrrole nitrogens is 1. The van der Waals surface area contributed by atoms with E-state index in [2.05, 4.69) is 30.8 Å². The summed E-state index contributed by atoms with van der Waals surface area (Å²) in [4.78, 5) is 0.0618. The van der Waals surface area contributed by atoms with Crippen molar-refractivity contribution in [2.45, 2.75) is 4.21 Å². The van der Waals surface area contributed by atoms with Crippen LogP contribution in [0.5, 0.6) is 0 Å². The fraction of sp³-hybridized carbons (Fsp3) is 0. The molecule has 4 N–H and O–H groups in total. The van der Waals surface area contributed by atoms with Crippen molar-refractivity contribution in [3.8, 4) is 0 Å². The molecule has 0 aliphatic carbocycles. The lowest BCUT2D eigenvalue weighted by molar-refractivity contribution is 0.602. The molecule has 0 amide bonds. The first-order valence-electron chi connectivity index (χ1n) is 4.51. The van der Waals surface area contributed by atoms with Gasteiger partial charge in [0.05, 0.1) is 11.8 Å². The first kappa shape index (κ1) is 13.5. The second-order valence-corrected chi connectivity index (χ2v) is 7.27. The lowest BCUT2D eigenvalue weighted by atomic mass is 10.3. The van der Waals surface area contributed by atoms with Crippen molar-refractivity contribution < 1.29 is 8.42 Å². The lowest BCUT2D eigenvalue weighted by Gasteiger charge is -2.06. The van der Waals surface area contributed by atoms with E-state index >= 15 is 0 Å². The molecular weight excluding hydrogens is 360 g/mol. The fourth-order valence-electron chi connectivity index (χ4n) is 1.20. The fourth-order valence-corrected chi connectivity index (χ4v) is 4.73. The second-order valence-electron chi connectivity index (χ2n) is 3.18. The molecule has 0 bridgehead atoms. The van der Waals surface area contributed by atoms with E-state index in [0.29, 0.717) is 10.0 Å². The Labute approximate surface area is 121 Å². The van der Waals surface area contributed by atoms with Crippen molar-refractivity contribution in [2.24, 2.45) is 5.73 Å². The van der Waals surface area contributed by atoms with E-state index in [1.165, 1.54) is 6.20 Å². The molecule has 2 aromatic heterocycles. The van der Waals surface area contributed by atoms with Gasteiger partial charge in [0.25, 0.3) is 10.0 Å². The Kier molecular flexibility index (Phi) is 3.71. The molecule has 2 rings (SSSR count). The van der Waals surface area contributed by atoms with E-state index in [-0.39, 0.29) is 15.0 Å². The van der Waals surface area contributed by atoms with E-state index in [9.17, 15) is 8.42 Å². The molecular formula is C8H7BrN4O2S3. The number of nitrogens with zero attached hydrogens (tertiary/aromatic N) is 1. The second kappa shape index (κ2) is 4.96. The molecule has 0 saturated carbocycles. The van der Waals surface area contributed by atoms with E-state index < -0.39 is 10.0 Å². The highest BCUT2D eigenvalue weighted by Crippen LogP contribution is 2.29. The Bertz CT molecular complexity index is 691. The summed E-state index contributed by atoms with van der Waals surface area (Å²) in [7, 11) is -3.69. The van der Waals surface area contributed by atoms with Crippen LogP contribution in [-0.4, -0.2) is 23.6 Å². The molecule has 0 aliphatic rings. The summed E-state index contributed by atoms with van der Waals surface area (Å²) in [5, 5.41) is 7.88. The van der Waals surface area contributed by atoms with Crippen LogP contribution in [0, 0.1) is 0 Å². The monoisotopic (exact) mass is 366 g/mol. The maximum atomic E-state index is 12.1. The third kappa shape index (κ3) is 2.55. The van der Waals surface area contributed by atoms with Crippen LogP contribution in [0.2, 0.25) is 0 Å². The van der Waals surface area contributed by atoms with Crippen molar-refractivity contribution in [2.75, 3.05) is 4.72 Å². The molecule has 0 aromatic carbocycles. The highest BCUT2D eigenvalue weighted by Gasteiger charge is 2.21. The summed E-state index contributed by atoms with van der Waals surface area (Å²) in [6.45, 7) is 0. The maximum Gasteiger partial charge on any atom is 0.273 e. The quantitative estimate of drug-likeness (QED) is 0.714. The number of halogens is 1. The number of nitrogens with two attached hydrogens (primary N) is 1. The predicted octanol–water partition coefficient (Wildman–Crippen LogP) is 1.67. The number of sulfonamides is 1.